The lowest BCUT2D eigenvalue weighted by Crippen LogP contribution is -2.49. The first-order valence-corrected chi connectivity index (χ1v) is 8.12. The van der Waals surface area contributed by atoms with Crippen LogP contribution in [0.2, 0.25) is 0 Å². The van der Waals surface area contributed by atoms with Gasteiger partial charge in [0.15, 0.2) is 17.3 Å². The Labute approximate surface area is 146 Å². The fourth-order valence-corrected chi connectivity index (χ4v) is 2.92. The predicted octanol–water partition coefficient (Wildman–Crippen LogP) is 1.15. The highest BCUT2D eigenvalue weighted by atomic mass is 16.5. The van der Waals surface area contributed by atoms with Crippen LogP contribution >= 0.6 is 0 Å². The van der Waals surface area contributed by atoms with Crippen LogP contribution in [0, 0.1) is 0 Å². The minimum absolute atomic E-state index is 0.0632. The van der Waals surface area contributed by atoms with Gasteiger partial charge in [-0.15, -0.1) is 5.10 Å². The number of hydrogen-bond acceptors (Lipinski definition) is 6. The number of nitrogens with zero attached hydrogens (tertiary/aromatic N) is 5. The monoisotopic (exact) mass is 343 g/mol. The zero-order valence-corrected chi connectivity index (χ0v) is 14.6. The molecular formula is C17H21N5O3. The molecule has 0 spiro atoms. The first-order valence-electron chi connectivity index (χ1n) is 8.12. The van der Waals surface area contributed by atoms with E-state index in [1.54, 1.807) is 23.6 Å². The Bertz CT molecular complexity index is 776. The maximum Gasteiger partial charge on any atom is 0.219 e. The summed E-state index contributed by atoms with van der Waals surface area (Å²) in [6, 6.07) is 7.41. The van der Waals surface area contributed by atoms with Crippen molar-refractivity contribution in [3.8, 4) is 11.4 Å². The summed E-state index contributed by atoms with van der Waals surface area (Å²) in [7, 11) is 1.61. The van der Waals surface area contributed by atoms with Gasteiger partial charge in [0.25, 0.3) is 0 Å². The Morgan fingerprint density at radius 3 is 2.20 bits per heavy atom. The van der Waals surface area contributed by atoms with Crippen molar-refractivity contribution in [2.24, 2.45) is 0 Å². The Morgan fingerprint density at radius 1 is 1.04 bits per heavy atom. The molecule has 0 N–H and O–H groups in total. The maximum absolute atomic E-state index is 12.0. The quantitative estimate of drug-likeness (QED) is 0.775. The molecule has 1 aliphatic rings. The molecule has 1 amide bonds. The summed E-state index contributed by atoms with van der Waals surface area (Å²) in [6.45, 7) is 5.53. The first-order chi connectivity index (χ1) is 12.0. The zero-order chi connectivity index (χ0) is 18.0. The van der Waals surface area contributed by atoms with E-state index in [-0.39, 0.29) is 11.7 Å². The van der Waals surface area contributed by atoms with E-state index in [1.165, 1.54) is 6.92 Å². The molecule has 132 valence electrons. The minimum atomic E-state index is -0.135. The third-order valence-electron chi connectivity index (χ3n) is 4.32. The standard InChI is InChI=1S/C17H21N5O3/c1-12(23)16-17(21-10-8-20(9-11-21)13(2)24)22(19-18-16)14-4-6-15(25-3)7-5-14/h4-7H,8-11H2,1-3H3. The number of anilines is 1. The zero-order valence-electron chi connectivity index (χ0n) is 14.6. The second kappa shape index (κ2) is 6.92. The van der Waals surface area contributed by atoms with E-state index in [0.717, 1.165) is 11.4 Å². The van der Waals surface area contributed by atoms with Crippen LogP contribution in [0.5, 0.6) is 5.75 Å². The molecule has 25 heavy (non-hydrogen) atoms. The van der Waals surface area contributed by atoms with Gasteiger partial charge in [0.05, 0.1) is 12.8 Å². The van der Waals surface area contributed by atoms with Crippen molar-refractivity contribution < 1.29 is 14.3 Å². The Morgan fingerprint density at radius 2 is 1.68 bits per heavy atom. The lowest BCUT2D eigenvalue weighted by atomic mass is 10.2. The Kier molecular flexibility index (Phi) is 4.69. The van der Waals surface area contributed by atoms with Crippen LogP contribution in [0.25, 0.3) is 5.69 Å². The molecule has 2 aromatic rings. The van der Waals surface area contributed by atoms with Gasteiger partial charge in [0, 0.05) is 40.0 Å². The van der Waals surface area contributed by atoms with Crippen molar-refractivity contribution in [2.75, 3.05) is 38.2 Å². The molecule has 2 heterocycles. The molecule has 1 aliphatic heterocycles. The molecule has 0 aliphatic carbocycles. The van der Waals surface area contributed by atoms with Crippen molar-refractivity contribution >= 4 is 17.5 Å². The number of amides is 1. The molecule has 3 rings (SSSR count). The summed E-state index contributed by atoms with van der Waals surface area (Å²) in [6.07, 6.45) is 0. The minimum Gasteiger partial charge on any atom is -0.497 e. The van der Waals surface area contributed by atoms with Gasteiger partial charge in [-0.05, 0) is 24.3 Å². The number of ketones is 1. The summed E-state index contributed by atoms with van der Waals surface area (Å²) in [5, 5.41) is 8.25. The van der Waals surface area contributed by atoms with Gasteiger partial charge in [0.2, 0.25) is 5.91 Å². The maximum atomic E-state index is 12.0. The van der Waals surface area contributed by atoms with Crippen LogP contribution in [0.4, 0.5) is 5.82 Å². The third kappa shape index (κ3) is 3.33. The van der Waals surface area contributed by atoms with E-state index >= 15 is 0 Å². The van der Waals surface area contributed by atoms with E-state index in [1.807, 2.05) is 24.3 Å². The van der Waals surface area contributed by atoms with Crippen molar-refractivity contribution in [1.82, 2.24) is 19.9 Å². The summed E-state index contributed by atoms with van der Waals surface area (Å²) < 4.78 is 6.85. The van der Waals surface area contributed by atoms with Gasteiger partial charge in [-0.1, -0.05) is 5.21 Å². The first kappa shape index (κ1) is 16.9. The number of carbonyl (C=O) groups is 2. The molecule has 0 saturated carbocycles. The molecule has 0 radical (unpaired) electrons. The molecule has 8 heteroatoms. The number of carbonyl (C=O) groups excluding carboxylic acids is 2. The number of piperazine rings is 1. The van der Waals surface area contributed by atoms with E-state index < -0.39 is 0 Å². The molecule has 8 nitrogen and oxygen atoms in total. The molecule has 1 saturated heterocycles. The van der Waals surface area contributed by atoms with Crippen molar-refractivity contribution in [3.05, 3.63) is 30.0 Å². The van der Waals surface area contributed by atoms with Crippen LogP contribution in [0.3, 0.4) is 0 Å². The largest absolute Gasteiger partial charge is 0.497 e. The van der Waals surface area contributed by atoms with Gasteiger partial charge in [-0.2, -0.15) is 4.68 Å². The number of hydrogen-bond donors (Lipinski definition) is 0. The SMILES string of the molecule is COc1ccc(-n2nnc(C(C)=O)c2N2CCN(C(C)=O)CC2)cc1. The van der Waals surface area contributed by atoms with Gasteiger partial charge < -0.3 is 14.5 Å². The number of ether oxygens (including phenoxy) is 1. The molecule has 0 bridgehead atoms. The second-order valence-corrected chi connectivity index (χ2v) is 5.92. The predicted molar refractivity (Wildman–Crippen MR) is 92.4 cm³/mol. The highest BCUT2D eigenvalue weighted by Gasteiger charge is 2.27. The summed E-state index contributed by atoms with van der Waals surface area (Å²) in [5.41, 5.74) is 1.14. The molecule has 1 aromatic carbocycles. The van der Waals surface area contributed by atoms with Crippen molar-refractivity contribution in [2.45, 2.75) is 13.8 Å². The molecule has 0 unspecified atom stereocenters. The highest BCUT2D eigenvalue weighted by molar-refractivity contribution is 5.97. The van der Waals surface area contributed by atoms with Crippen LogP contribution in [-0.2, 0) is 4.79 Å². The lowest BCUT2D eigenvalue weighted by Gasteiger charge is -2.35. The number of aromatic nitrogens is 3. The van der Waals surface area contributed by atoms with Gasteiger partial charge in [-0.3, -0.25) is 9.59 Å². The normalized spacial score (nSPS) is 14.5. The van der Waals surface area contributed by atoms with Gasteiger partial charge >= 0.3 is 0 Å². The van der Waals surface area contributed by atoms with E-state index in [9.17, 15) is 9.59 Å². The Balaban J connectivity index is 1.95. The van der Waals surface area contributed by atoms with E-state index in [4.69, 9.17) is 4.74 Å². The van der Waals surface area contributed by atoms with Crippen molar-refractivity contribution in [3.63, 3.8) is 0 Å². The number of benzene rings is 1. The number of rotatable bonds is 4. The average Bonchev–Trinajstić information content (AvgIpc) is 3.07. The number of Topliss-reactive ketones (excluding diaryl/α,β-unsaturated/α-hetero) is 1. The molecular weight excluding hydrogens is 322 g/mol. The molecule has 0 atom stereocenters. The average molecular weight is 343 g/mol. The molecule has 1 fully saturated rings. The van der Waals surface area contributed by atoms with E-state index in [0.29, 0.717) is 37.7 Å². The van der Waals surface area contributed by atoms with Crippen LogP contribution in [0.1, 0.15) is 24.3 Å². The van der Waals surface area contributed by atoms with Crippen LogP contribution < -0.4 is 9.64 Å². The summed E-state index contributed by atoms with van der Waals surface area (Å²) >= 11 is 0. The number of methoxy groups -OCH3 is 1. The topological polar surface area (TPSA) is 80.6 Å². The lowest BCUT2D eigenvalue weighted by molar-refractivity contribution is -0.129. The van der Waals surface area contributed by atoms with Crippen LogP contribution in [0.15, 0.2) is 24.3 Å². The summed E-state index contributed by atoms with van der Waals surface area (Å²) in [5.74, 6) is 1.34. The van der Waals surface area contributed by atoms with Gasteiger partial charge in [-0.25, -0.2) is 0 Å². The Hall–Kier alpha value is -2.90. The summed E-state index contributed by atoms with van der Waals surface area (Å²) in [4.78, 5) is 27.4. The fourth-order valence-electron chi connectivity index (χ4n) is 2.92. The smallest absolute Gasteiger partial charge is 0.219 e. The van der Waals surface area contributed by atoms with E-state index in [2.05, 4.69) is 15.2 Å². The second-order valence-electron chi connectivity index (χ2n) is 5.92. The fraction of sp³-hybridized carbons (Fsp3) is 0.412. The molecule has 1 aromatic heterocycles. The highest BCUT2D eigenvalue weighted by Crippen LogP contribution is 2.25. The van der Waals surface area contributed by atoms with Gasteiger partial charge in [0.1, 0.15) is 5.75 Å². The van der Waals surface area contributed by atoms with Crippen LogP contribution in [-0.4, -0.2) is 64.9 Å². The third-order valence-corrected chi connectivity index (χ3v) is 4.32. The van der Waals surface area contributed by atoms with Crippen molar-refractivity contribution in [1.29, 1.82) is 0 Å².